The Morgan fingerprint density at radius 1 is 1.20 bits per heavy atom. The number of hydrogen-bond donors (Lipinski definition) is 0. The maximum Gasteiger partial charge on any atom is 0.416 e. The Bertz CT molecular complexity index is 480. The summed E-state index contributed by atoms with van der Waals surface area (Å²) in [5.74, 6) is 0.109. The van der Waals surface area contributed by atoms with Gasteiger partial charge in [0, 0.05) is 31.9 Å². The van der Waals surface area contributed by atoms with Crippen molar-refractivity contribution in [2.75, 3.05) is 37.6 Å². The van der Waals surface area contributed by atoms with Gasteiger partial charge in [0.1, 0.15) is 5.78 Å². The van der Waals surface area contributed by atoms with Crippen LogP contribution in [0.2, 0.25) is 0 Å². The number of hydrogen-bond acceptors (Lipinski definition) is 3. The summed E-state index contributed by atoms with van der Waals surface area (Å²) in [5.41, 5.74) is -0.0385. The van der Waals surface area contributed by atoms with Crippen LogP contribution in [-0.4, -0.2) is 43.4 Å². The van der Waals surface area contributed by atoms with Crippen molar-refractivity contribution in [2.24, 2.45) is 0 Å². The molecule has 0 spiro atoms. The molecule has 1 saturated heterocycles. The van der Waals surface area contributed by atoms with Gasteiger partial charge in [-0.15, -0.1) is 0 Å². The van der Waals surface area contributed by atoms with Crippen molar-refractivity contribution in [1.82, 2.24) is 4.90 Å². The van der Waals surface area contributed by atoms with Crippen LogP contribution in [0.25, 0.3) is 0 Å². The van der Waals surface area contributed by atoms with Gasteiger partial charge in [0.15, 0.2) is 0 Å². The second-order valence-corrected chi connectivity index (χ2v) is 5.01. The molecule has 0 bridgehead atoms. The number of nitrogens with zero attached hydrogens (tertiary/aromatic N) is 2. The Kier molecular flexibility index (Phi) is 4.32. The largest absolute Gasteiger partial charge is 0.416 e. The molecule has 0 saturated carbocycles. The lowest BCUT2D eigenvalue weighted by Gasteiger charge is -2.35. The van der Waals surface area contributed by atoms with Gasteiger partial charge >= 0.3 is 6.18 Å². The van der Waals surface area contributed by atoms with Crippen molar-refractivity contribution in [3.8, 4) is 0 Å². The van der Waals surface area contributed by atoms with E-state index in [0.29, 0.717) is 38.4 Å². The first kappa shape index (κ1) is 14.8. The van der Waals surface area contributed by atoms with Crippen LogP contribution in [0.5, 0.6) is 0 Å². The van der Waals surface area contributed by atoms with Crippen molar-refractivity contribution in [3.63, 3.8) is 0 Å². The quantitative estimate of drug-likeness (QED) is 0.852. The smallest absolute Gasteiger partial charge is 0.369 e. The minimum atomic E-state index is -4.31. The van der Waals surface area contributed by atoms with Crippen LogP contribution < -0.4 is 4.90 Å². The van der Waals surface area contributed by atoms with Crippen LogP contribution in [0.15, 0.2) is 24.3 Å². The lowest BCUT2D eigenvalue weighted by atomic mass is 10.1. The second kappa shape index (κ2) is 5.83. The summed E-state index contributed by atoms with van der Waals surface area (Å²) < 4.78 is 38.0. The van der Waals surface area contributed by atoms with E-state index in [1.807, 2.05) is 9.80 Å². The number of rotatable bonds is 3. The fraction of sp³-hybridized carbons (Fsp3) is 0.500. The predicted octanol–water partition coefficient (Wildman–Crippen LogP) is 2.42. The normalized spacial score (nSPS) is 17.3. The van der Waals surface area contributed by atoms with Gasteiger partial charge in [-0.2, -0.15) is 13.2 Å². The van der Waals surface area contributed by atoms with Crippen molar-refractivity contribution >= 4 is 11.5 Å². The van der Waals surface area contributed by atoms with Crippen LogP contribution in [0.4, 0.5) is 18.9 Å². The van der Waals surface area contributed by atoms with E-state index >= 15 is 0 Å². The average molecular weight is 286 g/mol. The lowest BCUT2D eigenvalue weighted by Crippen LogP contribution is -2.47. The molecule has 0 aliphatic carbocycles. The van der Waals surface area contributed by atoms with Crippen LogP contribution >= 0.6 is 0 Å². The molecule has 3 nitrogen and oxygen atoms in total. The molecule has 0 amide bonds. The molecule has 0 unspecified atom stereocenters. The van der Waals surface area contributed by atoms with Gasteiger partial charge in [0.05, 0.1) is 12.1 Å². The van der Waals surface area contributed by atoms with Crippen LogP contribution in [0.1, 0.15) is 12.5 Å². The minimum absolute atomic E-state index is 0.109. The summed E-state index contributed by atoms with van der Waals surface area (Å²) in [6, 6.07) is 5.38. The molecule has 20 heavy (non-hydrogen) atoms. The first-order chi connectivity index (χ1) is 9.36. The summed E-state index contributed by atoms with van der Waals surface area (Å²) in [4.78, 5) is 15.0. The first-order valence-corrected chi connectivity index (χ1v) is 6.50. The van der Waals surface area contributed by atoms with E-state index in [4.69, 9.17) is 0 Å². The van der Waals surface area contributed by atoms with Crippen molar-refractivity contribution in [3.05, 3.63) is 29.8 Å². The summed E-state index contributed by atoms with van der Waals surface area (Å²) in [5, 5.41) is 0. The van der Waals surface area contributed by atoms with Crippen LogP contribution in [0, 0.1) is 0 Å². The molecule has 2 rings (SSSR count). The molecular weight excluding hydrogens is 269 g/mol. The number of benzene rings is 1. The SMILES string of the molecule is CC(=O)CN1CCN(c2cccc(C(F)(F)F)c2)CC1. The summed E-state index contributed by atoms with van der Waals surface area (Å²) >= 11 is 0. The highest BCUT2D eigenvalue weighted by atomic mass is 19.4. The number of alkyl halides is 3. The van der Waals surface area contributed by atoms with E-state index in [1.54, 1.807) is 13.0 Å². The maximum absolute atomic E-state index is 12.7. The topological polar surface area (TPSA) is 23.6 Å². The molecule has 0 atom stereocenters. The van der Waals surface area contributed by atoms with Gasteiger partial charge in [-0.3, -0.25) is 9.69 Å². The van der Waals surface area contributed by atoms with Gasteiger partial charge in [-0.05, 0) is 25.1 Å². The van der Waals surface area contributed by atoms with Crippen molar-refractivity contribution < 1.29 is 18.0 Å². The van der Waals surface area contributed by atoms with E-state index < -0.39 is 11.7 Å². The van der Waals surface area contributed by atoms with Crippen molar-refractivity contribution in [2.45, 2.75) is 13.1 Å². The minimum Gasteiger partial charge on any atom is -0.369 e. The molecule has 0 radical (unpaired) electrons. The Morgan fingerprint density at radius 2 is 1.85 bits per heavy atom. The molecule has 1 aliphatic heterocycles. The summed E-state index contributed by atoms with van der Waals surface area (Å²) in [6.07, 6.45) is -4.31. The van der Waals surface area contributed by atoms with Gasteiger partial charge in [0.25, 0.3) is 0 Å². The molecular formula is C14H17F3N2O. The first-order valence-electron chi connectivity index (χ1n) is 6.50. The molecule has 1 heterocycles. The molecule has 110 valence electrons. The van der Waals surface area contributed by atoms with E-state index in [1.165, 1.54) is 12.1 Å². The molecule has 1 aliphatic rings. The van der Waals surface area contributed by atoms with Crippen LogP contribution in [-0.2, 0) is 11.0 Å². The highest BCUT2D eigenvalue weighted by Gasteiger charge is 2.31. The molecule has 0 N–H and O–H groups in total. The number of anilines is 1. The van der Waals surface area contributed by atoms with Gasteiger partial charge in [-0.1, -0.05) is 6.07 Å². The van der Waals surface area contributed by atoms with Gasteiger partial charge in [-0.25, -0.2) is 0 Å². The molecule has 6 heteroatoms. The zero-order valence-corrected chi connectivity index (χ0v) is 11.3. The van der Waals surface area contributed by atoms with Crippen LogP contribution in [0.3, 0.4) is 0 Å². The molecule has 1 aromatic carbocycles. The Morgan fingerprint density at radius 3 is 2.40 bits per heavy atom. The fourth-order valence-corrected chi connectivity index (χ4v) is 2.36. The van der Waals surface area contributed by atoms with E-state index in [9.17, 15) is 18.0 Å². The number of carbonyl (C=O) groups is 1. The third-order valence-corrected chi connectivity index (χ3v) is 3.36. The predicted molar refractivity (Wildman–Crippen MR) is 70.8 cm³/mol. The zero-order valence-electron chi connectivity index (χ0n) is 11.3. The number of Topliss-reactive ketones (excluding diaryl/α,β-unsaturated/α-hetero) is 1. The monoisotopic (exact) mass is 286 g/mol. The number of ketones is 1. The average Bonchev–Trinajstić information content (AvgIpc) is 2.38. The zero-order chi connectivity index (χ0) is 14.8. The Balaban J connectivity index is 2.02. The molecule has 0 aromatic heterocycles. The lowest BCUT2D eigenvalue weighted by molar-refractivity contribution is -0.137. The Hall–Kier alpha value is -1.56. The molecule has 1 fully saturated rings. The Labute approximate surface area is 116 Å². The number of halogens is 3. The molecule has 1 aromatic rings. The fourth-order valence-electron chi connectivity index (χ4n) is 2.36. The van der Waals surface area contributed by atoms with E-state index in [-0.39, 0.29) is 5.78 Å². The second-order valence-electron chi connectivity index (χ2n) is 5.01. The summed E-state index contributed by atoms with van der Waals surface area (Å²) in [6.45, 7) is 4.60. The number of piperazine rings is 1. The third kappa shape index (κ3) is 3.72. The highest BCUT2D eigenvalue weighted by molar-refractivity contribution is 5.77. The van der Waals surface area contributed by atoms with Gasteiger partial charge in [0.2, 0.25) is 0 Å². The standard InChI is InChI=1S/C14H17F3N2O/c1-11(20)10-18-5-7-19(8-6-18)13-4-2-3-12(9-13)14(15,16)17/h2-4,9H,5-8,10H2,1H3. The summed E-state index contributed by atoms with van der Waals surface area (Å²) in [7, 11) is 0. The number of carbonyl (C=O) groups excluding carboxylic acids is 1. The van der Waals surface area contributed by atoms with Gasteiger partial charge < -0.3 is 4.90 Å². The van der Waals surface area contributed by atoms with Crippen molar-refractivity contribution in [1.29, 1.82) is 0 Å². The third-order valence-electron chi connectivity index (χ3n) is 3.36. The van der Waals surface area contributed by atoms with E-state index in [2.05, 4.69) is 0 Å². The van der Waals surface area contributed by atoms with E-state index in [0.717, 1.165) is 6.07 Å². The highest BCUT2D eigenvalue weighted by Crippen LogP contribution is 2.31. The maximum atomic E-state index is 12.7.